The number of hydrogen-bond donors (Lipinski definition) is 1. The lowest BCUT2D eigenvalue weighted by Crippen LogP contribution is -2.38. The van der Waals surface area contributed by atoms with E-state index in [1.54, 1.807) is 0 Å². The van der Waals surface area contributed by atoms with Gasteiger partial charge in [-0.1, -0.05) is 0 Å². The number of nitrogens with zero attached hydrogens (tertiary/aromatic N) is 3. The Hall–Kier alpha value is -1.01. The third-order valence-corrected chi connectivity index (χ3v) is 4.71. The molecular formula is C13H20N4OS. The molecule has 0 saturated carbocycles. The Balaban J connectivity index is 1.67. The van der Waals surface area contributed by atoms with E-state index in [4.69, 9.17) is 0 Å². The molecule has 1 amide bonds. The summed E-state index contributed by atoms with van der Waals surface area (Å²) in [5.41, 5.74) is 0.595. The van der Waals surface area contributed by atoms with E-state index < -0.39 is 0 Å². The van der Waals surface area contributed by atoms with Crippen molar-refractivity contribution in [3.8, 4) is 0 Å². The van der Waals surface area contributed by atoms with Gasteiger partial charge in [0.05, 0.1) is 6.04 Å². The first-order valence-corrected chi connectivity index (χ1v) is 8.13. The highest BCUT2D eigenvalue weighted by Crippen LogP contribution is 2.17. The van der Waals surface area contributed by atoms with Gasteiger partial charge in [-0.15, -0.1) is 0 Å². The molecule has 1 atom stereocenters. The van der Waals surface area contributed by atoms with Gasteiger partial charge in [0.1, 0.15) is 5.69 Å². The van der Waals surface area contributed by atoms with Crippen molar-refractivity contribution >= 4 is 17.7 Å². The fourth-order valence-electron chi connectivity index (χ4n) is 2.64. The normalized spacial score (nSPS) is 24.4. The van der Waals surface area contributed by atoms with Gasteiger partial charge in [-0.3, -0.25) is 9.48 Å². The lowest BCUT2D eigenvalue weighted by atomic mass is 10.1. The van der Waals surface area contributed by atoms with E-state index in [0.717, 1.165) is 44.1 Å². The molecule has 2 aliphatic rings. The van der Waals surface area contributed by atoms with Crippen molar-refractivity contribution in [2.75, 3.05) is 37.7 Å². The minimum atomic E-state index is 0.0859. The van der Waals surface area contributed by atoms with Gasteiger partial charge in [-0.05, 0) is 25.5 Å². The van der Waals surface area contributed by atoms with Gasteiger partial charge in [-0.25, -0.2) is 0 Å². The third kappa shape index (κ3) is 2.95. The monoisotopic (exact) mass is 280 g/mol. The Morgan fingerprint density at radius 2 is 2.26 bits per heavy atom. The van der Waals surface area contributed by atoms with Gasteiger partial charge in [0.2, 0.25) is 0 Å². The predicted molar refractivity (Wildman–Crippen MR) is 76.6 cm³/mol. The molecule has 19 heavy (non-hydrogen) atoms. The largest absolute Gasteiger partial charge is 0.336 e. The van der Waals surface area contributed by atoms with Crippen molar-refractivity contribution in [2.24, 2.45) is 0 Å². The van der Waals surface area contributed by atoms with Gasteiger partial charge >= 0.3 is 0 Å². The Bertz CT molecular complexity index is 436. The van der Waals surface area contributed by atoms with Crippen molar-refractivity contribution < 1.29 is 4.79 Å². The Kier molecular flexibility index (Phi) is 4.08. The molecule has 3 heterocycles. The maximum absolute atomic E-state index is 12.3. The van der Waals surface area contributed by atoms with E-state index in [1.807, 2.05) is 33.6 Å². The lowest BCUT2D eigenvalue weighted by molar-refractivity contribution is 0.0765. The number of rotatable bonds is 2. The Morgan fingerprint density at radius 3 is 3.00 bits per heavy atom. The summed E-state index contributed by atoms with van der Waals surface area (Å²) in [5.74, 6) is 2.17. The highest BCUT2D eigenvalue weighted by Gasteiger charge is 2.22. The molecule has 0 bridgehead atoms. The van der Waals surface area contributed by atoms with Crippen LogP contribution >= 0.6 is 11.8 Å². The van der Waals surface area contributed by atoms with Crippen LogP contribution in [0.5, 0.6) is 0 Å². The average molecular weight is 280 g/mol. The van der Waals surface area contributed by atoms with E-state index in [9.17, 15) is 4.79 Å². The number of amides is 1. The predicted octanol–water partition coefficient (Wildman–Crippen LogP) is 0.997. The van der Waals surface area contributed by atoms with Crippen molar-refractivity contribution in [1.29, 1.82) is 0 Å². The molecule has 5 nitrogen and oxygen atoms in total. The molecule has 2 fully saturated rings. The number of carbonyl (C=O) groups excluding carboxylic acids is 1. The van der Waals surface area contributed by atoms with Crippen LogP contribution in [0.4, 0.5) is 0 Å². The quantitative estimate of drug-likeness (QED) is 0.878. The maximum Gasteiger partial charge on any atom is 0.274 e. The molecule has 1 aromatic rings. The van der Waals surface area contributed by atoms with Gasteiger partial charge in [0.25, 0.3) is 5.91 Å². The second-order valence-corrected chi connectivity index (χ2v) is 6.31. The van der Waals surface area contributed by atoms with E-state index in [2.05, 4.69) is 10.4 Å². The van der Waals surface area contributed by atoms with Crippen molar-refractivity contribution in [3.63, 3.8) is 0 Å². The highest BCUT2D eigenvalue weighted by atomic mass is 32.2. The van der Waals surface area contributed by atoms with Crippen LogP contribution in [0.2, 0.25) is 0 Å². The van der Waals surface area contributed by atoms with Crippen LogP contribution in [0, 0.1) is 0 Å². The van der Waals surface area contributed by atoms with E-state index >= 15 is 0 Å². The van der Waals surface area contributed by atoms with Gasteiger partial charge in [-0.2, -0.15) is 16.9 Å². The molecule has 1 unspecified atom stereocenters. The molecule has 104 valence electrons. The first-order chi connectivity index (χ1) is 9.34. The Morgan fingerprint density at radius 1 is 1.42 bits per heavy atom. The molecule has 3 rings (SSSR count). The fraction of sp³-hybridized carbons (Fsp3) is 0.692. The van der Waals surface area contributed by atoms with Crippen LogP contribution in [0.3, 0.4) is 0 Å². The maximum atomic E-state index is 12.3. The summed E-state index contributed by atoms with van der Waals surface area (Å²) in [6, 6.07) is 2.26. The molecule has 0 aromatic carbocycles. The number of carbonyl (C=O) groups is 1. The SMILES string of the molecule is O=C(c1ccn(C2CCCNC2)n1)N1CCSCC1. The zero-order valence-corrected chi connectivity index (χ0v) is 11.9. The van der Waals surface area contributed by atoms with Crippen LogP contribution in [0.1, 0.15) is 29.4 Å². The zero-order chi connectivity index (χ0) is 13.1. The zero-order valence-electron chi connectivity index (χ0n) is 11.0. The smallest absolute Gasteiger partial charge is 0.274 e. The number of nitrogens with one attached hydrogen (secondary N) is 1. The van der Waals surface area contributed by atoms with Crippen molar-refractivity contribution in [3.05, 3.63) is 18.0 Å². The summed E-state index contributed by atoms with van der Waals surface area (Å²) in [6.45, 7) is 3.74. The molecule has 2 aliphatic heterocycles. The van der Waals surface area contributed by atoms with E-state index in [0.29, 0.717) is 11.7 Å². The summed E-state index contributed by atoms with van der Waals surface area (Å²) in [6.07, 6.45) is 4.27. The molecule has 1 aromatic heterocycles. The molecule has 0 aliphatic carbocycles. The highest BCUT2D eigenvalue weighted by molar-refractivity contribution is 7.99. The van der Waals surface area contributed by atoms with E-state index in [1.165, 1.54) is 6.42 Å². The minimum Gasteiger partial charge on any atom is -0.336 e. The second-order valence-electron chi connectivity index (χ2n) is 5.09. The molecule has 0 radical (unpaired) electrons. The van der Waals surface area contributed by atoms with Crippen molar-refractivity contribution in [2.45, 2.75) is 18.9 Å². The first kappa shape index (κ1) is 13.0. The average Bonchev–Trinajstić information content (AvgIpc) is 2.98. The third-order valence-electron chi connectivity index (χ3n) is 3.77. The van der Waals surface area contributed by atoms with Gasteiger partial charge in [0, 0.05) is 37.3 Å². The van der Waals surface area contributed by atoms with Crippen LogP contribution in [-0.2, 0) is 0 Å². The topological polar surface area (TPSA) is 50.2 Å². The summed E-state index contributed by atoms with van der Waals surface area (Å²) in [4.78, 5) is 14.2. The summed E-state index contributed by atoms with van der Waals surface area (Å²) >= 11 is 1.91. The summed E-state index contributed by atoms with van der Waals surface area (Å²) in [7, 11) is 0. The number of thioether (sulfide) groups is 1. The minimum absolute atomic E-state index is 0.0859. The number of aromatic nitrogens is 2. The van der Waals surface area contributed by atoms with Crippen LogP contribution in [0.15, 0.2) is 12.3 Å². The van der Waals surface area contributed by atoms with Gasteiger partial charge in [0.15, 0.2) is 0 Å². The lowest BCUT2D eigenvalue weighted by Gasteiger charge is -2.26. The number of piperidine rings is 1. The van der Waals surface area contributed by atoms with E-state index in [-0.39, 0.29) is 5.91 Å². The molecule has 6 heteroatoms. The first-order valence-electron chi connectivity index (χ1n) is 6.97. The molecule has 0 spiro atoms. The standard InChI is InChI=1S/C13H20N4OS/c18-13(16-6-8-19-9-7-16)12-3-5-17(15-12)11-2-1-4-14-10-11/h3,5,11,14H,1-2,4,6-10H2. The number of hydrogen-bond acceptors (Lipinski definition) is 4. The fourth-order valence-corrected chi connectivity index (χ4v) is 3.55. The van der Waals surface area contributed by atoms with Crippen molar-refractivity contribution in [1.82, 2.24) is 20.0 Å². The van der Waals surface area contributed by atoms with Crippen LogP contribution in [0.25, 0.3) is 0 Å². The van der Waals surface area contributed by atoms with Gasteiger partial charge < -0.3 is 10.2 Å². The Labute approximate surface area is 117 Å². The summed E-state index contributed by atoms with van der Waals surface area (Å²) < 4.78 is 1.96. The molecular weight excluding hydrogens is 260 g/mol. The molecule has 2 saturated heterocycles. The second kappa shape index (κ2) is 5.96. The summed E-state index contributed by atoms with van der Waals surface area (Å²) in [5, 5.41) is 7.86. The molecule has 1 N–H and O–H groups in total. The van der Waals surface area contributed by atoms with Crippen LogP contribution in [-0.4, -0.2) is 58.3 Å². The van der Waals surface area contributed by atoms with Crippen LogP contribution < -0.4 is 5.32 Å².